The number of nitrogens with zero attached hydrogens (tertiary/aromatic N) is 1. The number of amides is 1. The zero-order chi connectivity index (χ0) is 14.4. The summed E-state index contributed by atoms with van der Waals surface area (Å²) in [5.41, 5.74) is 6.08. The van der Waals surface area contributed by atoms with Gasteiger partial charge in [0.2, 0.25) is 5.91 Å². The SMILES string of the molecule is Nc1cccnc1S(=O)CC(=O)NC1CCCCCC1. The number of anilines is 1. The summed E-state index contributed by atoms with van der Waals surface area (Å²) >= 11 is 0. The number of hydrogen-bond acceptors (Lipinski definition) is 4. The van der Waals surface area contributed by atoms with E-state index in [1.807, 2.05) is 0 Å². The second kappa shape index (κ2) is 7.38. The van der Waals surface area contributed by atoms with Crippen LogP contribution in [0.2, 0.25) is 0 Å². The van der Waals surface area contributed by atoms with Crippen LogP contribution < -0.4 is 11.1 Å². The van der Waals surface area contributed by atoms with Gasteiger partial charge in [-0.05, 0) is 25.0 Å². The van der Waals surface area contributed by atoms with Gasteiger partial charge in [0.05, 0.1) is 16.5 Å². The van der Waals surface area contributed by atoms with Crippen LogP contribution in [0.3, 0.4) is 0 Å². The van der Waals surface area contributed by atoms with Gasteiger partial charge in [0.15, 0.2) is 5.03 Å². The van der Waals surface area contributed by atoms with Crippen LogP contribution in [0.25, 0.3) is 0 Å². The van der Waals surface area contributed by atoms with Crippen LogP contribution >= 0.6 is 0 Å². The minimum Gasteiger partial charge on any atom is -0.396 e. The van der Waals surface area contributed by atoms with Crippen molar-refractivity contribution in [3.8, 4) is 0 Å². The molecule has 1 heterocycles. The molecule has 0 aromatic carbocycles. The quantitative estimate of drug-likeness (QED) is 0.826. The molecule has 0 bridgehead atoms. The summed E-state index contributed by atoms with van der Waals surface area (Å²) in [5, 5.41) is 3.27. The third kappa shape index (κ3) is 4.30. The second-order valence-electron chi connectivity index (χ2n) is 5.14. The number of nitrogens with two attached hydrogens (primary N) is 1. The Labute approximate surface area is 121 Å². The summed E-state index contributed by atoms with van der Waals surface area (Å²) in [6, 6.07) is 3.55. The molecular weight excluding hydrogens is 274 g/mol. The Morgan fingerprint density at radius 3 is 2.70 bits per heavy atom. The Morgan fingerprint density at radius 1 is 1.35 bits per heavy atom. The van der Waals surface area contributed by atoms with Crippen molar-refractivity contribution in [1.82, 2.24) is 10.3 Å². The highest BCUT2D eigenvalue weighted by atomic mass is 32.2. The molecule has 1 amide bonds. The molecule has 110 valence electrons. The molecule has 0 radical (unpaired) electrons. The van der Waals surface area contributed by atoms with Crippen LogP contribution in [0.4, 0.5) is 5.69 Å². The van der Waals surface area contributed by atoms with Gasteiger partial charge in [0.1, 0.15) is 5.75 Å². The molecule has 1 unspecified atom stereocenters. The predicted molar refractivity (Wildman–Crippen MR) is 79.6 cm³/mol. The first-order valence-electron chi connectivity index (χ1n) is 7.05. The third-order valence-corrected chi connectivity index (χ3v) is 4.80. The van der Waals surface area contributed by atoms with E-state index in [0.717, 1.165) is 25.7 Å². The lowest BCUT2D eigenvalue weighted by Gasteiger charge is -2.16. The van der Waals surface area contributed by atoms with Crippen LogP contribution in [0.1, 0.15) is 38.5 Å². The summed E-state index contributed by atoms with van der Waals surface area (Å²) in [6.45, 7) is 0. The van der Waals surface area contributed by atoms with Gasteiger partial charge in [-0.25, -0.2) is 4.98 Å². The topological polar surface area (TPSA) is 85.1 Å². The lowest BCUT2D eigenvalue weighted by molar-refractivity contribution is -0.119. The fourth-order valence-corrected chi connectivity index (χ4v) is 3.44. The van der Waals surface area contributed by atoms with Gasteiger partial charge in [-0.2, -0.15) is 0 Å². The molecule has 1 aromatic rings. The number of pyridine rings is 1. The zero-order valence-corrected chi connectivity index (χ0v) is 12.3. The lowest BCUT2D eigenvalue weighted by atomic mass is 10.1. The summed E-state index contributed by atoms with van der Waals surface area (Å²) < 4.78 is 12.1. The Kier molecular flexibility index (Phi) is 5.52. The molecule has 20 heavy (non-hydrogen) atoms. The van der Waals surface area contributed by atoms with E-state index >= 15 is 0 Å². The van der Waals surface area contributed by atoms with Crippen LogP contribution in [-0.2, 0) is 15.6 Å². The molecule has 2 rings (SSSR count). The van der Waals surface area contributed by atoms with Crippen molar-refractivity contribution >= 4 is 22.4 Å². The van der Waals surface area contributed by atoms with Crippen LogP contribution in [-0.4, -0.2) is 26.9 Å². The molecule has 6 heteroatoms. The minimum atomic E-state index is -1.48. The van der Waals surface area contributed by atoms with Crippen molar-refractivity contribution in [1.29, 1.82) is 0 Å². The average molecular weight is 295 g/mol. The fourth-order valence-electron chi connectivity index (χ4n) is 2.47. The molecule has 1 aliphatic rings. The summed E-state index contributed by atoms with van der Waals surface area (Å²) in [6.07, 6.45) is 8.36. The molecule has 0 saturated heterocycles. The van der Waals surface area contributed by atoms with Gasteiger partial charge in [-0.3, -0.25) is 9.00 Å². The van der Waals surface area contributed by atoms with E-state index in [2.05, 4.69) is 10.3 Å². The maximum atomic E-state index is 12.1. The first-order valence-corrected chi connectivity index (χ1v) is 8.37. The summed E-state index contributed by atoms with van der Waals surface area (Å²) in [4.78, 5) is 15.9. The highest BCUT2D eigenvalue weighted by Crippen LogP contribution is 2.17. The number of nitrogens with one attached hydrogen (secondary N) is 1. The Morgan fingerprint density at radius 2 is 2.05 bits per heavy atom. The predicted octanol–water partition coefficient (Wildman–Crippen LogP) is 1.61. The molecule has 1 aromatic heterocycles. The van der Waals surface area contributed by atoms with Crippen molar-refractivity contribution in [3.05, 3.63) is 18.3 Å². The van der Waals surface area contributed by atoms with E-state index in [4.69, 9.17) is 5.73 Å². The van der Waals surface area contributed by atoms with Crippen molar-refractivity contribution in [2.45, 2.75) is 49.6 Å². The normalized spacial score (nSPS) is 18.2. The fraction of sp³-hybridized carbons (Fsp3) is 0.571. The molecule has 0 spiro atoms. The number of carbonyl (C=O) groups excluding carboxylic acids is 1. The van der Waals surface area contributed by atoms with E-state index in [9.17, 15) is 9.00 Å². The molecule has 5 nitrogen and oxygen atoms in total. The molecule has 1 aliphatic carbocycles. The Bertz CT molecular complexity index is 485. The molecule has 1 atom stereocenters. The van der Waals surface area contributed by atoms with Crippen LogP contribution in [0.15, 0.2) is 23.4 Å². The van der Waals surface area contributed by atoms with Crippen molar-refractivity contribution in [3.63, 3.8) is 0 Å². The van der Waals surface area contributed by atoms with Gasteiger partial charge >= 0.3 is 0 Å². The van der Waals surface area contributed by atoms with Gasteiger partial charge in [0.25, 0.3) is 0 Å². The van der Waals surface area contributed by atoms with E-state index in [0.29, 0.717) is 10.7 Å². The number of carbonyl (C=O) groups is 1. The second-order valence-corrected chi connectivity index (χ2v) is 6.51. The highest BCUT2D eigenvalue weighted by molar-refractivity contribution is 7.85. The largest absolute Gasteiger partial charge is 0.396 e. The van der Waals surface area contributed by atoms with Crippen molar-refractivity contribution in [2.75, 3.05) is 11.5 Å². The van der Waals surface area contributed by atoms with Crippen molar-refractivity contribution < 1.29 is 9.00 Å². The van der Waals surface area contributed by atoms with E-state index in [1.54, 1.807) is 12.1 Å². The average Bonchev–Trinajstić information content (AvgIpc) is 2.67. The van der Waals surface area contributed by atoms with Gasteiger partial charge in [0, 0.05) is 12.2 Å². The Balaban J connectivity index is 1.87. The smallest absolute Gasteiger partial charge is 0.233 e. The monoisotopic (exact) mass is 295 g/mol. The molecule has 0 aliphatic heterocycles. The number of hydrogen-bond donors (Lipinski definition) is 2. The first kappa shape index (κ1) is 15.0. The number of nitrogen functional groups attached to an aromatic ring is 1. The van der Waals surface area contributed by atoms with Gasteiger partial charge in [-0.1, -0.05) is 25.7 Å². The van der Waals surface area contributed by atoms with Crippen LogP contribution in [0, 0.1) is 0 Å². The molecule has 3 N–H and O–H groups in total. The minimum absolute atomic E-state index is 0.0717. The lowest BCUT2D eigenvalue weighted by Crippen LogP contribution is -2.37. The first-order chi connectivity index (χ1) is 9.66. The van der Waals surface area contributed by atoms with E-state index in [-0.39, 0.29) is 17.7 Å². The van der Waals surface area contributed by atoms with Gasteiger partial charge in [-0.15, -0.1) is 0 Å². The molecule has 1 fully saturated rings. The molecule has 1 saturated carbocycles. The maximum Gasteiger partial charge on any atom is 0.233 e. The highest BCUT2D eigenvalue weighted by Gasteiger charge is 2.18. The van der Waals surface area contributed by atoms with E-state index in [1.165, 1.54) is 19.0 Å². The van der Waals surface area contributed by atoms with Crippen LogP contribution in [0.5, 0.6) is 0 Å². The standard InChI is InChI=1S/C14H21N3O2S/c15-12-8-5-9-16-14(12)20(19)10-13(18)17-11-6-3-1-2-4-7-11/h5,8-9,11H,1-4,6-7,10,15H2,(H,17,18). The number of aromatic nitrogens is 1. The van der Waals surface area contributed by atoms with Gasteiger partial charge < -0.3 is 11.1 Å². The maximum absolute atomic E-state index is 12.1. The summed E-state index contributed by atoms with van der Waals surface area (Å²) in [5.74, 6) is -0.252. The Hall–Kier alpha value is -1.43. The van der Waals surface area contributed by atoms with Crippen molar-refractivity contribution in [2.24, 2.45) is 0 Å². The third-order valence-electron chi connectivity index (χ3n) is 3.50. The molecular formula is C14H21N3O2S. The van der Waals surface area contributed by atoms with E-state index < -0.39 is 10.8 Å². The zero-order valence-electron chi connectivity index (χ0n) is 11.5. The number of rotatable bonds is 4. The summed E-state index contributed by atoms with van der Waals surface area (Å²) in [7, 11) is -1.48.